The monoisotopic (exact) mass is 319 g/mol. The topological polar surface area (TPSA) is 42.2 Å². The van der Waals surface area contributed by atoms with E-state index in [9.17, 15) is 4.79 Å². The van der Waals surface area contributed by atoms with Gasteiger partial charge in [-0.1, -0.05) is 41.4 Å². The second-order valence-corrected chi connectivity index (χ2v) is 5.49. The molecule has 0 aliphatic carbocycles. The van der Waals surface area contributed by atoms with Crippen LogP contribution in [0.5, 0.6) is 0 Å². The highest BCUT2D eigenvalue weighted by molar-refractivity contribution is 6.44. The smallest absolute Gasteiger partial charge is 0.291 e. The Kier molecular flexibility index (Phi) is 3.62. The third-order valence-electron chi connectivity index (χ3n) is 3.10. The van der Waals surface area contributed by atoms with Gasteiger partial charge in [0, 0.05) is 5.39 Å². The molecule has 0 saturated carbocycles. The number of fused-ring (bicyclic) bond motifs is 1. The molecular weight excluding hydrogens is 309 g/mol. The number of hydrogen-bond acceptors (Lipinski definition) is 2. The molecule has 1 N–H and O–H groups in total. The third-order valence-corrected chi connectivity index (χ3v) is 3.92. The predicted molar refractivity (Wildman–Crippen MR) is 85.4 cm³/mol. The number of rotatable bonds is 2. The fourth-order valence-electron chi connectivity index (χ4n) is 2.03. The first kappa shape index (κ1) is 14.0. The van der Waals surface area contributed by atoms with Crippen LogP contribution in [0.1, 0.15) is 16.1 Å². The molecule has 0 radical (unpaired) electrons. The SMILES string of the molecule is Cc1ccc2cc(C(=O)Nc3cccc(Cl)c3Cl)oc2c1. The van der Waals surface area contributed by atoms with E-state index in [4.69, 9.17) is 27.6 Å². The van der Waals surface area contributed by atoms with E-state index in [-0.39, 0.29) is 11.7 Å². The molecule has 0 aliphatic heterocycles. The predicted octanol–water partition coefficient (Wildman–Crippen LogP) is 5.30. The molecule has 2 aromatic carbocycles. The van der Waals surface area contributed by atoms with E-state index in [1.807, 2.05) is 25.1 Å². The summed E-state index contributed by atoms with van der Waals surface area (Å²) in [4.78, 5) is 12.2. The first-order valence-corrected chi connectivity index (χ1v) is 7.06. The van der Waals surface area contributed by atoms with Gasteiger partial charge in [0.05, 0.1) is 15.7 Å². The Morgan fingerprint density at radius 1 is 1.14 bits per heavy atom. The molecule has 0 atom stereocenters. The molecular formula is C16H11Cl2NO2. The molecule has 3 nitrogen and oxygen atoms in total. The third kappa shape index (κ3) is 2.75. The van der Waals surface area contributed by atoms with Crippen molar-refractivity contribution < 1.29 is 9.21 Å². The number of anilines is 1. The van der Waals surface area contributed by atoms with Crippen molar-refractivity contribution >= 4 is 45.8 Å². The normalized spacial score (nSPS) is 10.8. The zero-order chi connectivity index (χ0) is 15.0. The summed E-state index contributed by atoms with van der Waals surface area (Å²) in [5.74, 6) is -0.139. The Balaban J connectivity index is 1.91. The maximum atomic E-state index is 12.2. The molecule has 0 fully saturated rings. The minimum atomic E-state index is -0.368. The minimum absolute atomic E-state index is 0.228. The van der Waals surface area contributed by atoms with Crippen LogP contribution in [0.15, 0.2) is 46.9 Å². The molecule has 106 valence electrons. The summed E-state index contributed by atoms with van der Waals surface area (Å²) in [7, 11) is 0. The Morgan fingerprint density at radius 3 is 2.76 bits per heavy atom. The van der Waals surface area contributed by atoms with Gasteiger partial charge < -0.3 is 9.73 Å². The van der Waals surface area contributed by atoms with Crippen LogP contribution in [-0.2, 0) is 0 Å². The molecule has 21 heavy (non-hydrogen) atoms. The van der Waals surface area contributed by atoms with Crippen molar-refractivity contribution in [2.24, 2.45) is 0 Å². The summed E-state index contributed by atoms with van der Waals surface area (Å²) in [5, 5.41) is 4.26. The van der Waals surface area contributed by atoms with Gasteiger partial charge in [0.1, 0.15) is 5.58 Å². The Bertz CT molecular complexity index is 839. The van der Waals surface area contributed by atoms with Gasteiger partial charge in [0.25, 0.3) is 5.91 Å². The van der Waals surface area contributed by atoms with Gasteiger partial charge in [-0.25, -0.2) is 0 Å². The molecule has 0 saturated heterocycles. The molecule has 1 aromatic heterocycles. The first-order valence-electron chi connectivity index (χ1n) is 6.30. The van der Waals surface area contributed by atoms with Crippen molar-refractivity contribution in [3.05, 3.63) is 63.8 Å². The van der Waals surface area contributed by atoms with Crippen LogP contribution in [0, 0.1) is 6.92 Å². The quantitative estimate of drug-likeness (QED) is 0.696. The van der Waals surface area contributed by atoms with Gasteiger partial charge >= 0.3 is 0 Å². The maximum absolute atomic E-state index is 12.2. The van der Waals surface area contributed by atoms with Crippen molar-refractivity contribution in [1.82, 2.24) is 0 Å². The Labute approximate surface area is 131 Å². The van der Waals surface area contributed by atoms with Crippen molar-refractivity contribution in [2.75, 3.05) is 5.32 Å². The van der Waals surface area contributed by atoms with E-state index in [0.717, 1.165) is 10.9 Å². The average molecular weight is 320 g/mol. The molecule has 3 aromatic rings. The lowest BCUT2D eigenvalue weighted by Gasteiger charge is -2.06. The number of amides is 1. The molecule has 1 amide bonds. The van der Waals surface area contributed by atoms with Crippen molar-refractivity contribution in [3.8, 4) is 0 Å². The fourth-order valence-corrected chi connectivity index (χ4v) is 2.38. The van der Waals surface area contributed by atoms with Crippen LogP contribution < -0.4 is 5.32 Å². The van der Waals surface area contributed by atoms with E-state index >= 15 is 0 Å². The molecule has 0 unspecified atom stereocenters. The van der Waals surface area contributed by atoms with Gasteiger partial charge in [0.2, 0.25) is 0 Å². The number of aryl methyl sites for hydroxylation is 1. The molecule has 0 spiro atoms. The maximum Gasteiger partial charge on any atom is 0.291 e. The lowest BCUT2D eigenvalue weighted by molar-refractivity contribution is 0.0998. The Morgan fingerprint density at radius 2 is 1.95 bits per heavy atom. The van der Waals surface area contributed by atoms with Gasteiger partial charge in [-0.3, -0.25) is 4.79 Å². The van der Waals surface area contributed by atoms with E-state index in [0.29, 0.717) is 21.3 Å². The summed E-state index contributed by atoms with van der Waals surface area (Å²) in [6.07, 6.45) is 0. The fraction of sp³-hybridized carbons (Fsp3) is 0.0625. The van der Waals surface area contributed by atoms with Gasteiger partial charge in [0.15, 0.2) is 5.76 Å². The van der Waals surface area contributed by atoms with Crippen LogP contribution in [0.4, 0.5) is 5.69 Å². The molecule has 0 bridgehead atoms. The highest BCUT2D eigenvalue weighted by atomic mass is 35.5. The number of nitrogens with one attached hydrogen (secondary N) is 1. The summed E-state index contributed by atoms with van der Waals surface area (Å²) < 4.78 is 5.56. The number of hydrogen-bond donors (Lipinski definition) is 1. The molecule has 3 rings (SSSR count). The number of carbonyl (C=O) groups excluding carboxylic acids is 1. The lowest BCUT2D eigenvalue weighted by Crippen LogP contribution is -2.11. The zero-order valence-electron chi connectivity index (χ0n) is 11.1. The highest BCUT2D eigenvalue weighted by Crippen LogP contribution is 2.30. The van der Waals surface area contributed by atoms with Crippen LogP contribution in [-0.4, -0.2) is 5.91 Å². The largest absolute Gasteiger partial charge is 0.451 e. The lowest BCUT2D eigenvalue weighted by atomic mass is 10.2. The standard InChI is InChI=1S/C16H11Cl2NO2/c1-9-5-6-10-8-14(21-13(10)7-9)16(20)19-12-4-2-3-11(17)15(12)18/h2-8H,1H3,(H,19,20). The summed E-state index contributed by atoms with van der Waals surface area (Å²) in [6.45, 7) is 1.97. The number of halogens is 2. The molecule has 0 aliphatic rings. The van der Waals surface area contributed by atoms with Gasteiger partial charge in [-0.2, -0.15) is 0 Å². The van der Waals surface area contributed by atoms with Crippen LogP contribution in [0.2, 0.25) is 10.0 Å². The average Bonchev–Trinajstić information content (AvgIpc) is 2.87. The highest BCUT2D eigenvalue weighted by Gasteiger charge is 2.14. The minimum Gasteiger partial charge on any atom is -0.451 e. The summed E-state index contributed by atoms with van der Waals surface area (Å²) in [6, 6.07) is 12.5. The molecule has 1 heterocycles. The van der Waals surface area contributed by atoms with Crippen molar-refractivity contribution in [2.45, 2.75) is 6.92 Å². The van der Waals surface area contributed by atoms with E-state index < -0.39 is 0 Å². The van der Waals surface area contributed by atoms with E-state index in [1.54, 1.807) is 24.3 Å². The van der Waals surface area contributed by atoms with E-state index in [2.05, 4.69) is 5.32 Å². The summed E-state index contributed by atoms with van der Waals surface area (Å²) >= 11 is 12.0. The second kappa shape index (κ2) is 5.43. The number of benzene rings is 2. The first-order chi connectivity index (χ1) is 10.0. The summed E-state index contributed by atoms with van der Waals surface area (Å²) in [5.41, 5.74) is 2.20. The van der Waals surface area contributed by atoms with E-state index in [1.165, 1.54) is 0 Å². The zero-order valence-corrected chi connectivity index (χ0v) is 12.6. The van der Waals surface area contributed by atoms with Crippen LogP contribution in [0.25, 0.3) is 11.0 Å². The number of carbonyl (C=O) groups is 1. The number of furan rings is 1. The van der Waals surface area contributed by atoms with Crippen molar-refractivity contribution in [1.29, 1.82) is 0 Å². The van der Waals surface area contributed by atoms with Crippen LogP contribution in [0.3, 0.4) is 0 Å². The second-order valence-electron chi connectivity index (χ2n) is 4.71. The Hall–Kier alpha value is -1.97. The van der Waals surface area contributed by atoms with Crippen molar-refractivity contribution in [3.63, 3.8) is 0 Å². The van der Waals surface area contributed by atoms with Gasteiger partial charge in [-0.05, 0) is 36.8 Å². The van der Waals surface area contributed by atoms with Gasteiger partial charge in [-0.15, -0.1) is 0 Å². The molecule has 5 heteroatoms. The van der Waals surface area contributed by atoms with Crippen LogP contribution >= 0.6 is 23.2 Å².